The van der Waals surface area contributed by atoms with Gasteiger partial charge in [0.05, 0.1) is 3.23 Å². The van der Waals surface area contributed by atoms with Crippen molar-refractivity contribution in [2.24, 2.45) is 11.1 Å². The molecule has 1 saturated carbocycles. The summed E-state index contributed by atoms with van der Waals surface area (Å²) in [6, 6.07) is 0.260. The lowest BCUT2D eigenvalue weighted by Gasteiger charge is -2.15. The van der Waals surface area contributed by atoms with Gasteiger partial charge in [-0.25, -0.2) is 0 Å². The number of nitrogens with two attached hydrogens (primary N) is 1. The van der Waals surface area contributed by atoms with E-state index >= 15 is 0 Å². The molecule has 2 unspecified atom stereocenters. The van der Waals surface area contributed by atoms with Gasteiger partial charge in [0.25, 0.3) is 0 Å². The molecule has 0 aromatic rings. The molecule has 0 amide bonds. The third-order valence-corrected chi connectivity index (χ3v) is 4.68. The van der Waals surface area contributed by atoms with Gasteiger partial charge in [0.1, 0.15) is 0 Å². The third-order valence-electron chi connectivity index (χ3n) is 2.30. The molecule has 0 aromatic heterocycles. The van der Waals surface area contributed by atoms with Crippen LogP contribution in [-0.4, -0.2) is 9.28 Å². The van der Waals surface area contributed by atoms with Gasteiger partial charge in [-0.05, 0) is 13.3 Å². The molecular formula is C6H11Br2N. The lowest BCUT2D eigenvalue weighted by Crippen LogP contribution is -2.29. The molecular weight excluding hydrogens is 246 g/mol. The Morgan fingerprint density at radius 2 is 1.89 bits per heavy atom. The van der Waals surface area contributed by atoms with Crippen molar-refractivity contribution in [3.8, 4) is 0 Å². The van der Waals surface area contributed by atoms with E-state index in [9.17, 15) is 0 Å². The molecule has 0 saturated heterocycles. The minimum Gasteiger partial charge on any atom is -0.327 e. The fourth-order valence-electron chi connectivity index (χ4n) is 0.911. The topological polar surface area (TPSA) is 26.0 Å². The van der Waals surface area contributed by atoms with Crippen LogP contribution in [-0.2, 0) is 0 Å². The van der Waals surface area contributed by atoms with Gasteiger partial charge in [-0.1, -0.05) is 38.8 Å². The summed E-state index contributed by atoms with van der Waals surface area (Å²) in [6.07, 6.45) is 1.12. The first-order valence-electron chi connectivity index (χ1n) is 3.03. The van der Waals surface area contributed by atoms with Crippen molar-refractivity contribution < 1.29 is 0 Å². The molecule has 0 aromatic carbocycles. The number of hydrogen-bond donors (Lipinski definition) is 1. The van der Waals surface area contributed by atoms with Crippen LogP contribution in [0.2, 0.25) is 0 Å². The number of rotatable bonds is 1. The van der Waals surface area contributed by atoms with Crippen molar-refractivity contribution in [2.75, 3.05) is 0 Å². The molecule has 9 heavy (non-hydrogen) atoms. The van der Waals surface area contributed by atoms with Crippen molar-refractivity contribution >= 4 is 31.9 Å². The molecule has 0 radical (unpaired) electrons. The van der Waals surface area contributed by atoms with Crippen molar-refractivity contribution in [3.05, 3.63) is 0 Å². The predicted octanol–water partition coefficient (Wildman–Crippen LogP) is 2.23. The Balaban J connectivity index is 2.63. The van der Waals surface area contributed by atoms with Crippen LogP contribution < -0.4 is 5.73 Å². The first-order chi connectivity index (χ1) is 3.90. The van der Waals surface area contributed by atoms with E-state index in [0.29, 0.717) is 0 Å². The van der Waals surface area contributed by atoms with E-state index in [1.807, 2.05) is 6.92 Å². The van der Waals surface area contributed by atoms with Gasteiger partial charge in [-0.3, -0.25) is 0 Å². The largest absolute Gasteiger partial charge is 0.327 e. The van der Waals surface area contributed by atoms with Crippen LogP contribution in [0, 0.1) is 5.41 Å². The number of halogens is 2. The third kappa shape index (κ3) is 1.08. The zero-order chi connectivity index (χ0) is 7.28. The molecule has 2 N–H and O–H groups in total. The summed E-state index contributed by atoms with van der Waals surface area (Å²) >= 11 is 7.09. The maximum Gasteiger partial charge on any atom is 0.0880 e. The second kappa shape index (κ2) is 1.95. The van der Waals surface area contributed by atoms with Crippen LogP contribution in [0.5, 0.6) is 0 Å². The van der Waals surface area contributed by atoms with Gasteiger partial charge >= 0.3 is 0 Å². The fraction of sp³-hybridized carbons (Fsp3) is 1.00. The highest BCUT2D eigenvalue weighted by molar-refractivity contribution is 9.25. The van der Waals surface area contributed by atoms with Crippen molar-refractivity contribution in [2.45, 2.75) is 29.5 Å². The molecule has 1 aliphatic rings. The average molecular weight is 257 g/mol. The van der Waals surface area contributed by atoms with Crippen LogP contribution in [0.4, 0.5) is 0 Å². The highest BCUT2D eigenvalue weighted by atomic mass is 79.9. The molecule has 1 nitrogen and oxygen atoms in total. The molecule has 1 fully saturated rings. The average Bonchev–Trinajstić information content (AvgIpc) is 2.08. The molecule has 1 aliphatic carbocycles. The molecule has 0 spiro atoms. The molecule has 0 aliphatic heterocycles. The zero-order valence-electron chi connectivity index (χ0n) is 5.62. The molecule has 0 heterocycles. The molecule has 3 heteroatoms. The summed E-state index contributed by atoms with van der Waals surface area (Å²) in [4.78, 5) is 0. The van der Waals surface area contributed by atoms with Gasteiger partial charge < -0.3 is 5.73 Å². The van der Waals surface area contributed by atoms with E-state index in [4.69, 9.17) is 5.73 Å². The summed E-state index contributed by atoms with van der Waals surface area (Å²) < 4.78 is 0.126. The van der Waals surface area contributed by atoms with Crippen molar-refractivity contribution in [1.82, 2.24) is 0 Å². The van der Waals surface area contributed by atoms with Gasteiger partial charge in [0, 0.05) is 11.5 Å². The lowest BCUT2D eigenvalue weighted by molar-refractivity contribution is 0.465. The molecule has 2 atom stereocenters. The van der Waals surface area contributed by atoms with Crippen molar-refractivity contribution in [1.29, 1.82) is 0 Å². The Hall–Kier alpha value is 0.920. The molecule has 1 rings (SSSR count). The van der Waals surface area contributed by atoms with Gasteiger partial charge in [-0.2, -0.15) is 0 Å². The Bertz CT molecular complexity index is 133. The minimum atomic E-state index is 0.126. The second-order valence-corrected chi connectivity index (χ2v) is 6.86. The van der Waals surface area contributed by atoms with Gasteiger partial charge in [-0.15, -0.1) is 0 Å². The Morgan fingerprint density at radius 1 is 1.56 bits per heavy atom. The van der Waals surface area contributed by atoms with Gasteiger partial charge in [0.15, 0.2) is 0 Å². The minimum absolute atomic E-state index is 0.126. The van der Waals surface area contributed by atoms with Crippen LogP contribution >= 0.6 is 31.9 Å². The summed E-state index contributed by atoms with van der Waals surface area (Å²) in [5.74, 6) is 0. The Labute approximate surface area is 72.6 Å². The normalized spacial score (nSPS) is 42.3. The maximum absolute atomic E-state index is 5.75. The summed E-state index contributed by atoms with van der Waals surface area (Å²) in [7, 11) is 0. The fourth-order valence-corrected chi connectivity index (χ4v) is 2.80. The van der Waals surface area contributed by atoms with Crippen LogP contribution in [0.25, 0.3) is 0 Å². The quantitative estimate of drug-likeness (QED) is 0.716. The van der Waals surface area contributed by atoms with Crippen LogP contribution in [0.1, 0.15) is 20.3 Å². The Kier molecular flexibility index (Phi) is 1.74. The summed E-state index contributed by atoms with van der Waals surface area (Å²) in [5.41, 5.74) is 6.00. The molecule has 54 valence electrons. The monoisotopic (exact) mass is 255 g/mol. The lowest BCUT2D eigenvalue weighted by atomic mass is 10.0. The van der Waals surface area contributed by atoms with E-state index in [-0.39, 0.29) is 14.7 Å². The Morgan fingerprint density at radius 3 is 1.89 bits per heavy atom. The number of hydrogen-bond acceptors (Lipinski definition) is 1. The standard InChI is InChI=1S/C6H11Br2N/c1-4(9)5(2)3-6(5,7)8/h4H,3,9H2,1-2H3. The summed E-state index contributed by atoms with van der Waals surface area (Å²) in [5, 5.41) is 0. The predicted molar refractivity (Wildman–Crippen MR) is 47.0 cm³/mol. The van der Waals surface area contributed by atoms with E-state index in [2.05, 4.69) is 38.8 Å². The van der Waals surface area contributed by atoms with Crippen LogP contribution in [0.3, 0.4) is 0 Å². The van der Waals surface area contributed by atoms with Gasteiger partial charge in [0.2, 0.25) is 0 Å². The number of alkyl halides is 2. The zero-order valence-corrected chi connectivity index (χ0v) is 8.79. The molecule has 0 bridgehead atoms. The van der Waals surface area contributed by atoms with E-state index < -0.39 is 0 Å². The highest BCUT2D eigenvalue weighted by Gasteiger charge is 2.63. The van der Waals surface area contributed by atoms with E-state index in [1.54, 1.807) is 0 Å². The summed E-state index contributed by atoms with van der Waals surface area (Å²) in [6.45, 7) is 4.23. The first kappa shape index (κ1) is 8.02. The van der Waals surface area contributed by atoms with E-state index in [1.165, 1.54) is 0 Å². The highest BCUT2D eigenvalue weighted by Crippen LogP contribution is 2.67. The first-order valence-corrected chi connectivity index (χ1v) is 4.62. The van der Waals surface area contributed by atoms with E-state index in [0.717, 1.165) is 6.42 Å². The maximum atomic E-state index is 5.75. The van der Waals surface area contributed by atoms with Crippen LogP contribution in [0.15, 0.2) is 0 Å². The SMILES string of the molecule is CC(N)C1(C)CC1(Br)Br. The second-order valence-electron chi connectivity index (χ2n) is 3.09. The van der Waals surface area contributed by atoms with Crippen molar-refractivity contribution in [3.63, 3.8) is 0 Å². The smallest absolute Gasteiger partial charge is 0.0880 e.